The molecule has 0 fully saturated rings. The van der Waals surface area contributed by atoms with Crippen molar-refractivity contribution in [2.24, 2.45) is 0 Å². The summed E-state index contributed by atoms with van der Waals surface area (Å²) in [6.45, 7) is 3.04. The fourth-order valence-electron chi connectivity index (χ4n) is 3.41. The molecule has 1 aromatic heterocycles. The maximum atomic E-state index is 12.7. The first-order valence-electron chi connectivity index (χ1n) is 9.02. The number of imidazole rings is 1. The van der Waals surface area contributed by atoms with Crippen LogP contribution in [0.5, 0.6) is 0 Å². The molecule has 3 rings (SSSR count). The van der Waals surface area contributed by atoms with Crippen LogP contribution >= 0.6 is 0 Å². The summed E-state index contributed by atoms with van der Waals surface area (Å²) in [5.41, 5.74) is 0.649. The number of aryl methyl sites for hydroxylation is 3. The zero-order valence-electron chi connectivity index (χ0n) is 15.1. The summed E-state index contributed by atoms with van der Waals surface area (Å²) in [6, 6.07) is 9.93. The molecule has 0 aliphatic carbocycles. The minimum absolute atomic E-state index is 0.255. The molecular formula is C20H27N3O2. The van der Waals surface area contributed by atoms with Gasteiger partial charge < -0.3 is 14.6 Å². The highest BCUT2D eigenvalue weighted by atomic mass is 16.3. The molecule has 1 amide bonds. The first-order valence-corrected chi connectivity index (χ1v) is 9.02. The predicted molar refractivity (Wildman–Crippen MR) is 97.0 cm³/mol. The number of fused-ring (bicyclic) bond motifs is 1. The second-order valence-corrected chi connectivity index (χ2v) is 7.22. The van der Waals surface area contributed by atoms with E-state index in [-0.39, 0.29) is 5.91 Å². The molecule has 1 aliphatic rings. The van der Waals surface area contributed by atoms with E-state index in [9.17, 15) is 9.90 Å². The third kappa shape index (κ3) is 4.28. The molecule has 1 N–H and O–H groups in total. The van der Waals surface area contributed by atoms with Crippen molar-refractivity contribution in [3.63, 3.8) is 0 Å². The van der Waals surface area contributed by atoms with Gasteiger partial charge in [0.05, 0.1) is 12.2 Å². The maximum absolute atomic E-state index is 12.7. The van der Waals surface area contributed by atoms with Gasteiger partial charge in [-0.25, -0.2) is 4.98 Å². The van der Waals surface area contributed by atoms with Gasteiger partial charge in [-0.3, -0.25) is 4.79 Å². The second kappa shape index (κ2) is 7.40. The first kappa shape index (κ1) is 17.7. The summed E-state index contributed by atoms with van der Waals surface area (Å²) in [5, 5.41) is 10.6. The normalized spacial score (nSPS) is 16.1. The lowest BCUT2D eigenvalue weighted by Gasteiger charge is -2.28. The largest absolute Gasteiger partial charge is 0.380 e. The van der Waals surface area contributed by atoms with Crippen LogP contribution in [0.4, 0.5) is 0 Å². The Hall–Kier alpha value is -2.14. The van der Waals surface area contributed by atoms with E-state index in [0.29, 0.717) is 19.4 Å². The lowest BCUT2D eigenvalue weighted by Crippen LogP contribution is -2.45. The highest BCUT2D eigenvalue weighted by molar-refractivity contribution is 5.84. The molecule has 2 heterocycles. The van der Waals surface area contributed by atoms with Gasteiger partial charge in [-0.15, -0.1) is 0 Å². The van der Waals surface area contributed by atoms with Crippen LogP contribution in [0, 0.1) is 0 Å². The summed E-state index contributed by atoms with van der Waals surface area (Å²) in [6.07, 6.45) is 6.49. The van der Waals surface area contributed by atoms with E-state index in [1.165, 1.54) is 12.8 Å². The first-order chi connectivity index (χ1) is 12.0. The number of carbonyl (C=O) groups is 1. The Morgan fingerprint density at radius 2 is 2.08 bits per heavy atom. The van der Waals surface area contributed by atoms with Crippen molar-refractivity contribution >= 4 is 5.91 Å². The van der Waals surface area contributed by atoms with Crippen molar-refractivity contribution in [3.05, 3.63) is 53.6 Å². The molecule has 5 heteroatoms. The fourth-order valence-corrected chi connectivity index (χ4v) is 3.41. The van der Waals surface area contributed by atoms with Crippen LogP contribution in [-0.2, 0) is 30.7 Å². The van der Waals surface area contributed by atoms with E-state index >= 15 is 0 Å². The number of rotatable bonds is 6. The molecule has 1 aliphatic heterocycles. The number of amides is 1. The number of nitrogens with zero attached hydrogens (tertiary/aromatic N) is 3. The third-order valence-electron chi connectivity index (χ3n) is 4.91. The van der Waals surface area contributed by atoms with Gasteiger partial charge in [0, 0.05) is 26.2 Å². The standard InChI is InChI=1S/C20H27N3O2/c1-20(25,12-11-16-8-4-3-5-9-16)19(24)22(2)14-17-15-23-13-7-6-10-18(23)21-17/h3-5,8-9,15,25H,6-7,10-14H2,1-2H3. The minimum atomic E-state index is -1.37. The third-order valence-corrected chi connectivity index (χ3v) is 4.91. The molecule has 25 heavy (non-hydrogen) atoms. The smallest absolute Gasteiger partial charge is 0.254 e. The van der Waals surface area contributed by atoms with Gasteiger partial charge in [-0.1, -0.05) is 30.3 Å². The quantitative estimate of drug-likeness (QED) is 0.878. The van der Waals surface area contributed by atoms with E-state index in [1.807, 2.05) is 36.5 Å². The van der Waals surface area contributed by atoms with Crippen LogP contribution in [0.2, 0.25) is 0 Å². The molecule has 5 nitrogen and oxygen atoms in total. The van der Waals surface area contributed by atoms with Gasteiger partial charge in [-0.2, -0.15) is 0 Å². The number of benzene rings is 1. The molecule has 1 atom stereocenters. The van der Waals surface area contributed by atoms with Gasteiger partial charge in [0.1, 0.15) is 11.4 Å². The van der Waals surface area contributed by atoms with Crippen LogP contribution < -0.4 is 0 Å². The van der Waals surface area contributed by atoms with Gasteiger partial charge in [0.15, 0.2) is 0 Å². The molecule has 1 aromatic carbocycles. The average Bonchev–Trinajstić information content (AvgIpc) is 3.02. The monoisotopic (exact) mass is 341 g/mol. The van der Waals surface area contributed by atoms with E-state index in [2.05, 4.69) is 9.55 Å². The number of aliphatic hydroxyl groups is 1. The van der Waals surface area contributed by atoms with Crippen molar-refractivity contribution < 1.29 is 9.90 Å². The van der Waals surface area contributed by atoms with Crippen LogP contribution in [0.1, 0.15) is 43.3 Å². The van der Waals surface area contributed by atoms with Crippen molar-refractivity contribution in [1.29, 1.82) is 0 Å². The number of aromatic nitrogens is 2. The summed E-state index contributed by atoms with van der Waals surface area (Å²) in [7, 11) is 1.73. The lowest BCUT2D eigenvalue weighted by molar-refractivity contribution is -0.149. The number of likely N-dealkylation sites (N-methyl/N-ethyl adjacent to an activating group) is 1. The zero-order valence-corrected chi connectivity index (χ0v) is 15.1. The van der Waals surface area contributed by atoms with E-state index < -0.39 is 5.60 Å². The highest BCUT2D eigenvalue weighted by Gasteiger charge is 2.33. The highest BCUT2D eigenvalue weighted by Crippen LogP contribution is 2.19. The predicted octanol–water partition coefficient (Wildman–Crippen LogP) is 2.56. The van der Waals surface area contributed by atoms with Gasteiger partial charge >= 0.3 is 0 Å². The molecule has 0 bridgehead atoms. The fraction of sp³-hybridized carbons (Fsp3) is 0.500. The van der Waals surface area contributed by atoms with E-state index in [1.54, 1.807) is 18.9 Å². The topological polar surface area (TPSA) is 58.4 Å². The summed E-state index contributed by atoms with van der Waals surface area (Å²) in [4.78, 5) is 18.9. The zero-order chi connectivity index (χ0) is 17.9. The Kier molecular flexibility index (Phi) is 5.23. The summed E-state index contributed by atoms with van der Waals surface area (Å²) in [5.74, 6) is 0.854. The minimum Gasteiger partial charge on any atom is -0.380 e. The van der Waals surface area contributed by atoms with E-state index in [4.69, 9.17) is 0 Å². The van der Waals surface area contributed by atoms with Crippen molar-refractivity contribution in [3.8, 4) is 0 Å². The SMILES string of the molecule is CN(Cc1cn2c(n1)CCCC2)C(=O)C(C)(O)CCc1ccccc1. The Labute approximate surface area is 149 Å². The number of hydrogen-bond donors (Lipinski definition) is 1. The molecule has 2 aromatic rings. The van der Waals surface area contributed by atoms with Gasteiger partial charge in [-0.05, 0) is 38.2 Å². The number of carbonyl (C=O) groups excluding carboxylic acids is 1. The summed E-state index contributed by atoms with van der Waals surface area (Å²) < 4.78 is 2.19. The second-order valence-electron chi connectivity index (χ2n) is 7.22. The Morgan fingerprint density at radius 3 is 2.80 bits per heavy atom. The van der Waals surface area contributed by atoms with Crippen LogP contribution in [0.25, 0.3) is 0 Å². The van der Waals surface area contributed by atoms with Crippen LogP contribution in [0.15, 0.2) is 36.5 Å². The Bertz CT molecular complexity index is 698. The Morgan fingerprint density at radius 1 is 1.32 bits per heavy atom. The Balaban J connectivity index is 1.59. The van der Waals surface area contributed by atoms with Crippen molar-refractivity contribution in [1.82, 2.24) is 14.5 Å². The van der Waals surface area contributed by atoms with Crippen molar-refractivity contribution in [2.45, 2.75) is 57.7 Å². The molecule has 0 saturated heterocycles. The van der Waals surface area contributed by atoms with Gasteiger partial charge in [0.25, 0.3) is 5.91 Å². The van der Waals surface area contributed by atoms with Crippen LogP contribution in [0.3, 0.4) is 0 Å². The molecule has 0 spiro atoms. The molecule has 1 unspecified atom stereocenters. The number of hydrogen-bond acceptors (Lipinski definition) is 3. The average molecular weight is 341 g/mol. The maximum Gasteiger partial charge on any atom is 0.254 e. The molecule has 134 valence electrons. The molecule has 0 saturated carbocycles. The van der Waals surface area contributed by atoms with Crippen LogP contribution in [-0.4, -0.2) is 38.1 Å². The van der Waals surface area contributed by atoms with Gasteiger partial charge in [0.2, 0.25) is 0 Å². The lowest BCUT2D eigenvalue weighted by atomic mass is 9.95. The van der Waals surface area contributed by atoms with E-state index in [0.717, 1.165) is 30.0 Å². The summed E-state index contributed by atoms with van der Waals surface area (Å²) >= 11 is 0. The molecular weight excluding hydrogens is 314 g/mol. The van der Waals surface area contributed by atoms with Crippen molar-refractivity contribution in [2.75, 3.05) is 7.05 Å². The molecule has 0 radical (unpaired) electrons.